The van der Waals surface area contributed by atoms with E-state index in [1.807, 2.05) is 91.8 Å². The van der Waals surface area contributed by atoms with Gasteiger partial charge in [-0.25, -0.2) is 53.6 Å². The van der Waals surface area contributed by atoms with E-state index in [0.29, 0.717) is 169 Å². The molecule has 122 heavy (non-hydrogen) atoms. The summed E-state index contributed by atoms with van der Waals surface area (Å²) in [5.74, 6) is 0.541. The van der Waals surface area contributed by atoms with Gasteiger partial charge in [0.1, 0.15) is 108 Å². The lowest BCUT2D eigenvalue weighted by atomic mass is 10.1. The second-order valence-electron chi connectivity index (χ2n) is 29.3. The van der Waals surface area contributed by atoms with E-state index >= 15 is 0 Å². The Hall–Kier alpha value is -11.2. The molecule has 0 saturated heterocycles. The Balaban J connectivity index is 0.000000225. The number of furan rings is 5. The molecular formula is C79H89ClF5IN22O11S3. The van der Waals surface area contributed by atoms with Crippen molar-refractivity contribution in [2.45, 2.75) is 155 Å². The zero-order valence-corrected chi connectivity index (χ0v) is 74.2. The van der Waals surface area contributed by atoms with E-state index in [4.69, 9.17) is 77.0 Å². The number of carbonyl (C=O) groups excluding carboxylic acids is 2. The van der Waals surface area contributed by atoms with E-state index in [9.17, 15) is 44.2 Å². The van der Waals surface area contributed by atoms with Crippen LogP contribution in [0.4, 0.5) is 22.0 Å². The zero-order chi connectivity index (χ0) is 90.5. The number of fused-ring (bicyclic) bond motifs is 6. The topological polar surface area (TPSA) is 511 Å². The van der Waals surface area contributed by atoms with Crippen LogP contribution in [0.1, 0.15) is 175 Å². The summed E-state index contributed by atoms with van der Waals surface area (Å²) in [7, 11) is -3.92. The largest absolute Gasteiger partial charge is 0.462 e. The molecule has 7 aromatic heterocycles. The number of azide groups is 5. The highest BCUT2D eigenvalue weighted by Gasteiger charge is 2.26. The van der Waals surface area contributed by atoms with Gasteiger partial charge in [0.25, 0.3) is 0 Å². The minimum Gasteiger partial charge on any atom is -0.462 e. The van der Waals surface area contributed by atoms with Gasteiger partial charge >= 0.3 is 5.97 Å². The SMILES string of the molecule is CC(=NS(=O)C(C)(C)C)c1cc(F)cc2cc(CCN=[N+]=[N-])oc12.CC(=O)c1cc(F)cc2cc(CCN=[N+]=[N-])oc12.CC(C)(C)[S@](N)=O.CCOC(=O)c1cnn2ccc(Cl)nc12.C[C@@H](N)c1cc(F)cc2cc(CCN=[N+]=[N-])oc12.C[C@@H](NS(=O)C(C)(C)C)c1cc(F)cc2cc(CCN=[N+]=[N-])oc12.[N-]=[N+]=NCCc1cc2cc(F)cc(I)c2o1. The first kappa shape index (κ1) is 99.6. The molecule has 0 aliphatic carbocycles. The fraction of sp³-hybridized carbons (Fsp3) is 0.380. The van der Waals surface area contributed by atoms with E-state index in [1.54, 1.807) is 63.4 Å². The van der Waals surface area contributed by atoms with Crippen molar-refractivity contribution in [2.24, 2.45) is 40.8 Å². The quantitative estimate of drug-likeness (QED) is 0.00583. The highest BCUT2D eigenvalue weighted by atomic mass is 127. The number of carbonyl (C=O) groups is 2. The van der Waals surface area contributed by atoms with Gasteiger partial charge in [-0.1, -0.05) is 37.2 Å². The number of nitrogens with one attached hydrogen (secondary N) is 1. The number of ether oxygens (including phenoxy) is 1. The number of aromatic nitrogens is 3. The molecular weight excluding hydrogens is 1790 g/mol. The Labute approximate surface area is 722 Å². The van der Waals surface area contributed by atoms with Crippen LogP contribution in [0.5, 0.6) is 0 Å². The molecule has 5 N–H and O–H groups in total. The summed E-state index contributed by atoms with van der Waals surface area (Å²) in [5.41, 5.74) is 52.7. The van der Waals surface area contributed by atoms with Gasteiger partial charge in [-0.3, -0.25) is 9.93 Å². The third-order valence-corrected chi connectivity index (χ3v) is 21.9. The van der Waals surface area contributed by atoms with E-state index < -0.39 is 60.1 Å². The molecule has 0 fully saturated rings. The summed E-state index contributed by atoms with van der Waals surface area (Å²) in [6.07, 6.45) is 5.33. The third kappa shape index (κ3) is 30.1. The molecule has 648 valence electrons. The van der Waals surface area contributed by atoms with Crippen LogP contribution in [-0.2, 0) is 69.8 Å². The van der Waals surface area contributed by atoms with Crippen LogP contribution in [0, 0.1) is 32.7 Å². The Morgan fingerprint density at radius 1 is 0.549 bits per heavy atom. The first-order chi connectivity index (χ1) is 57.5. The van der Waals surface area contributed by atoms with Crippen molar-refractivity contribution in [2.75, 3.05) is 39.3 Å². The van der Waals surface area contributed by atoms with E-state index in [2.05, 4.69) is 69.3 Å². The van der Waals surface area contributed by atoms with Crippen LogP contribution in [-0.4, -0.2) is 98.3 Å². The molecule has 0 amide bonds. The van der Waals surface area contributed by atoms with Crippen molar-refractivity contribution in [1.82, 2.24) is 19.3 Å². The molecule has 5 atom stereocenters. The maximum atomic E-state index is 13.9. The monoisotopic (exact) mass is 1870 g/mol. The molecule has 0 aliphatic heterocycles. The van der Waals surface area contributed by atoms with Crippen molar-refractivity contribution >= 4 is 145 Å². The van der Waals surface area contributed by atoms with Crippen LogP contribution in [0.25, 0.3) is 113 Å². The van der Waals surface area contributed by atoms with Gasteiger partial charge in [-0.15, -0.1) is 0 Å². The summed E-state index contributed by atoms with van der Waals surface area (Å²) in [5, 5.41) is 29.7. The number of nitrogens with zero attached hydrogens (tertiary/aromatic N) is 19. The molecule has 0 radical (unpaired) electrons. The average Bonchev–Trinajstić information content (AvgIpc) is 1.60. The number of nitrogens with two attached hydrogens (primary N) is 2. The first-order valence-corrected chi connectivity index (χ1v) is 42.0. The van der Waals surface area contributed by atoms with Crippen molar-refractivity contribution in [3.05, 3.63) is 256 Å². The normalized spacial score (nSPS) is 12.5. The molecule has 43 heteroatoms. The summed E-state index contributed by atoms with van der Waals surface area (Å²) in [4.78, 5) is 40.2. The molecule has 12 rings (SSSR count). The van der Waals surface area contributed by atoms with Crippen LogP contribution >= 0.6 is 34.2 Å². The minimum atomic E-state index is -1.45. The van der Waals surface area contributed by atoms with Crippen LogP contribution < -0.4 is 15.6 Å². The van der Waals surface area contributed by atoms with Gasteiger partial charge in [-0.2, -0.15) is 9.50 Å². The molecule has 5 aromatic carbocycles. The van der Waals surface area contributed by atoms with Crippen molar-refractivity contribution in [1.29, 1.82) is 0 Å². The fourth-order valence-corrected chi connectivity index (χ4v) is 12.9. The van der Waals surface area contributed by atoms with E-state index in [0.717, 1.165) is 15.0 Å². The lowest BCUT2D eigenvalue weighted by Gasteiger charge is -2.22. The average molecular weight is 1880 g/mol. The Morgan fingerprint density at radius 3 is 1.30 bits per heavy atom. The maximum Gasteiger partial charge on any atom is 0.343 e. The van der Waals surface area contributed by atoms with Gasteiger partial charge in [-0.05, 0) is 244 Å². The second-order valence-corrected chi connectivity index (χ2v) is 36.5. The number of hydrogen-bond acceptors (Lipinski definition) is 19. The van der Waals surface area contributed by atoms with Gasteiger partial charge < -0.3 is 32.6 Å². The Bertz CT molecular complexity index is 6080. The number of hydrogen-bond donors (Lipinski definition) is 3. The number of rotatable bonds is 24. The van der Waals surface area contributed by atoms with E-state index in [-0.39, 0.29) is 65.3 Å². The smallest absolute Gasteiger partial charge is 0.343 e. The lowest BCUT2D eigenvalue weighted by Crippen LogP contribution is -2.34. The predicted molar refractivity (Wildman–Crippen MR) is 470 cm³/mol. The molecule has 12 aromatic rings. The van der Waals surface area contributed by atoms with Gasteiger partial charge in [0.05, 0.1) is 63.9 Å². The summed E-state index contributed by atoms with van der Waals surface area (Å²) in [6.45, 7) is 26.7. The summed E-state index contributed by atoms with van der Waals surface area (Å²) < 4.78 is 144. The maximum absolute atomic E-state index is 13.9. The van der Waals surface area contributed by atoms with Gasteiger partial charge in [0, 0.05) is 151 Å². The lowest BCUT2D eigenvalue weighted by molar-refractivity contribution is 0.0528. The predicted octanol–water partition coefficient (Wildman–Crippen LogP) is 22.3. The first-order valence-electron chi connectivity index (χ1n) is 37.1. The molecule has 7 heterocycles. The van der Waals surface area contributed by atoms with Crippen molar-refractivity contribution in [3.63, 3.8) is 0 Å². The molecule has 0 spiro atoms. The molecule has 0 saturated carbocycles. The molecule has 0 bridgehead atoms. The molecule has 0 aliphatic rings. The second kappa shape index (κ2) is 46.7. The third-order valence-electron chi connectivity index (χ3n) is 16.5. The van der Waals surface area contributed by atoms with Crippen LogP contribution in [0.15, 0.2) is 162 Å². The Kier molecular flexibility index (Phi) is 38.1. The van der Waals surface area contributed by atoms with Crippen LogP contribution in [0.3, 0.4) is 0 Å². The molecule has 33 nitrogen and oxygen atoms in total. The van der Waals surface area contributed by atoms with Gasteiger partial charge in [0.2, 0.25) is 0 Å². The highest BCUT2D eigenvalue weighted by molar-refractivity contribution is 14.1. The standard InChI is InChI=1S/C16H21FN4O2S.C16H19FN4O2S.C12H13FN4O.C12H10FN3O2.C10H7FIN3O.C9H8ClN3O2.C4H11NOS/c2*1-10(20-24(22)16(2,3)4)14-9-12(17)7-11-8-13(23-15(11)14)5-6-19-21-18;1-7(14)11-6-9(13)4-8-5-10(18-12(8)11)2-3-16-17-15;1-7(17)11-6-9(13)4-8-5-10(18-12(8)11)2-3-15-16-14;11-7-3-6-4-8(1-2-14-15-13)16-10(6)9(12)5-7;1-2-15-9(14)6-5-11-13-4-3-7(10)12-8(6)13;1-4(2,3)7(5)6/h7-10,20H,5-6H2,1-4H3;7-9H,5-6H2,1-4H3;4-7H,2-3,14H2,1H3;4-6H,2-3H2,1H3;3-5H,1-2H2;3-5H,2H2,1H3;5H2,1-3H3/t10-,24?;;7-;;;;7-/m1.1...1/s1. The Morgan fingerprint density at radius 2 is 0.910 bits per heavy atom. The van der Waals surface area contributed by atoms with Crippen molar-refractivity contribution < 1.29 is 71.0 Å². The number of halogens is 7. The van der Waals surface area contributed by atoms with Crippen molar-refractivity contribution in [3.8, 4) is 0 Å². The number of Topliss-reactive ketones (excluding diaryl/α,β-unsaturated/α-hetero) is 1. The highest BCUT2D eigenvalue weighted by Crippen LogP contribution is 2.34. The van der Waals surface area contributed by atoms with E-state index in [1.165, 1.54) is 72.2 Å². The van der Waals surface area contributed by atoms with Crippen LogP contribution in [0.2, 0.25) is 5.15 Å². The number of esters is 1. The summed E-state index contributed by atoms with van der Waals surface area (Å²) in [6, 6.07) is 23.1. The fourth-order valence-electron chi connectivity index (χ4n) is 10.6. The number of ketones is 1. The zero-order valence-electron chi connectivity index (χ0n) is 68.8. The number of benzene rings is 5. The molecule has 2 unspecified atom stereocenters. The minimum absolute atomic E-state index is 0.222. The van der Waals surface area contributed by atoms with Gasteiger partial charge in [0.15, 0.2) is 11.4 Å². The summed E-state index contributed by atoms with van der Waals surface area (Å²) >= 11 is 7.75.